The highest BCUT2D eigenvalue weighted by Crippen LogP contribution is 2.43. The maximum absolute atomic E-state index is 12.2. The third kappa shape index (κ3) is 1.40. The Morgan fingerprint density at radius 3 is 2.60 bits per heavy atom. The van der Waals surface area contributed by atoms with Crippen LogP contribution in [0.5, 0.6) is 0 Å². The summed E-state index contributed by atoms with van der Waals surface area (Å²) in [6.07, 6.45) is 1.39. The molecule has 0 spiro atoms. The molecule has 1 atom stereocenters. The molecule has 1 heterocycles. The lowest BCUT2D eigenvalue weighted by atomic mass is 9.77. The molecule has 0 aromatic heterocycles. The first-order valence-corrected chi connectivity index (χ1v) is 6.34. The van der Waals surface area contributed by atoms with Gasteiger partial charge in [0.1, 0.15) is 18.0 Å². The van der Waals surface area contributed by atoms with Crippen LogP contribution >= 0.6 is 0 Å². The molecule has 0 radical (unpaired) electrons. The number of allylic oxidation sites excluding steroid dienone is 1. The smallest absolute Gasteiger partial charge is 0.234 e. The quantitative estimate of drug-likeness (QED) is 0.625. The summed E-state index contributed by atoms with van der Waals surface area (Å²) in [5.74, 6) is -0.691. The van der Waals surface area contributed by atoms with E-state index in [0.717, 1.165) is 0 Å². The summed E-state index contributed by atoms with van der Waals surface area (Å²) in [6, 6.07) is 3.49. The first kappa shape index (κ1) is 12.8. The van der Waals surface area contributed by atoms with E-state index in [1.54, 1.807) is 26.0 Å². The normalized spacial score (nSPS) is 24.4. The van der Waals surface area contributed by atoms with Crippen LogP contribution in [0.15, 0.2) is 30.4 Å². The molecule has 0 amide bonds. The van der Waals surface area contributed by atoms with Gasteiger partial charge in [0.2, 0.25) is 11.6 Å². The maximum Gasteiger partial charge on any atom is 0.234 e. The van der Waals surface area contributed by atoms with Gasteiger partial charge in [0, 0.05) is 22.3 Å². The zero-order valence-corrected chi connectivity index (χ0v) is 11.3. The van der Waals surface area contributed by atoms with Crippen molar-refractivity contribution in [3.63, 3.8) is 0 Å². The second kappa shape index (κ2) is 3.90. The second-order valence-electron chi connectivity index (χ2n) is 5.21. The maximum atomic E-state index is 12.2. The van der Waals surface area contributed by atoms with Gasteiger partial charge in [-0.1, -0.05) is 24.8 Å². The average molecular weight is 270 g/mol. The van der Waals surface area contributed by atoms with Crippen molar-refractivity contribution in [1.82, 2.24) is 0 Å². The van der Waals surface area contributed by atoms with Gasteiger partial charge in [0.25, 0.3) is 0 Å². The first-order chi connectivity index (χ1) is 9.40. The third-order valence-electron chi connectivity index (χ3n) is 4.00. The van der Waals surface area contributed by atoms with E-state index >= 15 is 0 Å². The molecule has 1 aliphatic carbocycles. The number of rotatable bonds is 1. The number of carbonyl (C=O) groups is 2. The number of hydrogen-bond donors (Lipinski definition) is 1. The Morgan fingerprint density at radius 2 is 1.95 bits per heavy atom. The molecule has 4 nitrogen and oxygen atoms in total. The Kier molecular flexibility index (Phi) is 2.50. The number of aryl methyl sites for hydroxylation is 1. The number of aliphatic hydroxyl groups is 1. The van der Waals surface area contributed by atoms with Crippen LogP contribution in [-0.4, -0.2) is 23.3 Å². The lowest BCUT2D eigenvalue weighted by Gasteiger charge is -2.36. The Bertz CT molecular complexity index is 711. The van der Waals surface area contributed by atoms with Crippen LogP contribution in [0, 0.1) is 6.92 Å². The topological polar surface area (TPSA) is 63.6 Å². The highest BCUT2D eigenvalue weighted by molar-refractivity contribution is 6.52. The van der Waals surface area contributed by atoms with E-state index < -0.39 is 17.2 Å². The van der Waals surface area contributed by atoms with Crippen molar-refractivity contribution >= 4 is 17.3 Å². The van der Waals surface area contributed by atoms with E-state index in [1.807, 2.05) is 0 Å². The van der Waals surface area contributed by atoms with Crippen molar-refractivity contribution in [2.75, 3.05) is 6.61 Å². The van der Waals surface area contributed by atoms with Gasteiger partial charge in [-0.15, -0.1) is 0 Å². The molecule has 0 fully saturated rings. The van der Waals surface area contributed by atoms with Gasteiger partial charge in [0.05, 0.1) is 0 Å². The summed E-state index contributed by atoms with van der Waals surface area (Å²) in [5, 5.41) is 10.6. The SMILES string of the molecule is C=CC1(O)COC2=C(C)C(=O)C(=O)c3c(C)ccc1c32. The van der Waals surface area contributed by atoms with Crippen molar-refractivity contribution < 1.29 is 19.4 Å². The number of carbonyl (C=O) groups excluding carboxylic acids is 2. The van der Waals surface area contributed by atoms with Gasteiger partial charge in [-0.05, 0) is 19.4 Å². The molecule has 4 heteroatoms. The molecular weight excluding hydrogens is 256 g/mol. The number of hydrogen-bond acceptors (Lipinski definition) is 4. The van der Waals surface area contributed by atoms with Gasteiger partial charge in [-0.2, -0.15) is 0 Å². The number of ether oxygens (including phenoxy) is 1. The van der Waals surface area contributed by atoms with Crippen LogP contribution in [-0.2, 0) is 15.1 Å². The minimum absolute atomic E-state index is 0.0137. The monoisotopic (exact) mass is 270 g/mol. The van der Waals surface area contributed by atoms with Crippen molar-refractivity contribution in [1.29, 1.82) is 0 Å². The van der Waals surface area contributed by atoms with Gasteiger partial charge < -0.3 is 9.84 Å². The predicted molar refractivity (Wildman–Crippen MR) is 73.2 cm³/mol. The van der Waals surface area contributed by atoms with Crippen LogP contribution in [0.4, 0.5) is 0 Å². The summed E-state index contributed by atoms with van der Waals surface area (Å²) in [4.78, 5) is 24.2. The van der Waals surface area contributed by atoms with E-state index in [-0.39, 0.29) is 6.61 Å². The fourth-order valence-corrected chi connectivity index (χ4v) is 2.78. The van der Waals surface area contributed by atoms with Crippen LogP contribution in [0.3, 0.4) is 0 Å². The number of ketones is 2. The standard InChI is InChI=1S/C16H14O4/c1-4-16(19)7-20-15-9(3)13(17)14(18)11-8(2)5-6-10(16)12(11)15/h4-6,19H,1,7H2,2-3H3. The summed E-state index contributed by atoms with van der Waals surface area (Å²) in [7, 11) is 0. The Morgan fingerprint density at radius 1 is 1.25 bits per heavy atom. The van der Waals surface area contributed by atoms with Crippen LogP contribution in [0.2, 0.25) is 0 Å². The van der Waals surface area contributed by atoms with E-state index in [4.69, 9.17) is 4.74 Å². The van der Waals surface area contributed by atoms with E-state index in [1.165, 1.54) is 6.08 Å². The van der Waals surface area contributed by atoms with Crippen LogP contribution < -0.4 is 0 Å². The highest BCUT2D eigenvalue weighted by atomic mass is 16.5. The van der Waals surface area contributed by atoms with E-state index in [9.17, 15) is 14.7 Å². The molecule has 1 N–H and O–H groups in total. The summed E-state index contributed by atoms with van der Waals surface area (Å²) in [5.41, 5.74) is 1.07. The van der Waals surface area contributed by atoms with Crippen molar-refractivity contribution in [3.05, 3.63) is 52.6 Å². The van der Waals surface area contributed by atoms with Crippen LogP contribution in [0.25, 0.3) is 5.76 Å². The van der Waals surface area contributed by atoms with E-state index in [2.05, 4.69) is 6.58 Å². The van der Waals surface area contributed by atoms with Crippen molar-refractivity contribution in [2.24, 2.45) is 0 Å². The molecule has 2 aliphatic rings. The van der Waals surface area contributed by atoms with E-state index in [0.29, 0.717) is 33.6 Å². The molecule has 1 aliphatic heterocycles. The Hall–Kier alpha value is -2.20. The lowest BCUT2D eigenvalue weighted by Crippen LogP contribution is -2.38. The Labute approximate surface area is 116 Å². The highest BCUT2D eigenvalue weighted by Gasteiger charge is 2.43. The first-order valence-electron chi connectivity index (χ1n) is 6.34. The molecule has 0 saturated carbocycles. The zero-order chi connectivity index (χ0) is 14.7. The molecule has 3 rings (SSSR count). The average Bonchev–Trinajstić information content (AvgIpc) is 2.44. The van der Waals surface area contributed by atoms with Crippen LogP contribution in [0.1, 0.15) is 34.0 Å². The van der Waals surface area contributed by atoms with Crippen molar-refractivity contribution in [2.45, 2.75) is 19.4 Å². The summed E-state index contributed by atoms with van der Waals surface area (Å²) in [6.45, 7) is 6.95. The van der Waals surface area contributed by atoms with Gasteiger partial charge >= 0.3 is 0 Å². The summed E-state index contributed by atoms with van der Waals surface area (Å²) >= 11 is 0. The molecular formula is C16H14O4. The molecule has 102 valence electrons. The fraction of sp³-hybridized carbons (Fsp3) is 0.250. The molecule has 1 aromatic rings. The summed E-state index contributed by atoms with van der Waals surface area (Å²) < 4.78 is 5.56. The largest absolute Gasteiger partial charge is 0.489 e. The minimum atomic E-state index is -1.35. The van der Waals surface area contributed by atoms with Gasteiger partial charge in [0.15, 0.2) is 0 Å². The van der Waals surface area contributed by atoms with Gasteiger partial charge in [-0.25, -0.2) is 0 Å². The predicted octanol–water partition coefficient (Wildman–Crippen LogP) is 1.90. The third-order valence-corrected chi connectivity index (χ3v) is 4.00. The zero-order valence-electron chi connectivity index (χ0n) is 11.3. The number of Topliss-reactive ketones (excluding diaryl/α,β-unsaturated/α-hetero) is 2. The molecule has 0 saturated heterocycles. The lowest BCUT2D eigenvalue weighted by molar-refractivity contribution is -0.112. The van der Waals surface area contributed by atoms with Crippen molar-refractivity contribution in [3.8, 4) is 0 Å². The Balaban J connectivity index is 2.46. The van der Waals surface area contributed by atoms with Gasteiger partial charge in [-0.3, -0.25) is 9.59 Å². The number of benzene rings is 1. The second-order valence-corrected chi connectivity index (χ2v) is 5.21. The molecule has 1 unspecified atom stereocenters. The molecule has 1 aromatic carbocycles. The minimum Gasteiger partial charge on any atom is -0.489 e. The molecule has 20 heavy (non-hydrogen) atoms. The fourth-order valence-electron chi connectivity index (χ4n) is 2.78. The molecule has 0 bridgehead atoms.